The SMILES string of the molecule is CCC(CO)NC(c1ccccc1)c1cccc(C)c1. The molecule has 0 radical (unpaired) electrons. The molecular formula is C18H23NO. The van der Waals surface area contributed by atoms with Crippen molar-refractivity contribution in [3.63, 3.8) is 0 Å². The zero-order valence-corrected chi connectivity index (χ0v) is 12.2. The lowest BCUT2D eigenvalue weighted by Gasteiger charge is -2.25. The summed E-state index contributed by atoms with van der Waals surface area (Å²) in [6.45, 7) is 4.35. The molecule has 0 saturated heterocycles. The molecule has 0 bridgehead atoms. The number of aliphatic hydroxyl groups is 1. The van der Waals surface area contributed by atoms with Gasteiger partial charge in [0.1, 0.15) is 0 Å². The minimum atomic E-state index is 0.112. The maximum Gasteiger partial charge on any atom is 0.0584 e. The average Bonchev–Trinajstić information content (AvgIpc) is 2.49. The normalized spacial score (nSPS) is 13.9. The van der Waals surface area contributed by atoms with Crippen LogP contribution in [0.2, 0.25) is 0 Å². The van der Waals surface area contributed by atoms with Crippen molar-refractivity contribution in [3.8, 4) is 0 Å². The van der Waals surface area contributed by atoms with Crippen LogP contribution in [0.4, 0.5) is 0 Å². The zero-order chi connectivity index (χ0) is 14.4. The van der Waals surface area contributed by atoms with E-state index in [-0.39, 0.29) is 18.7 Å². The van der Waals surface area contributed by atoms with E-state index in [9.17, 15) is 5.11 Å². The van der Waals surface area contributed by atoms with E-state index in [4.69, 9.17) is 0 Å². The van der Waals surface area contributed by atoms with Gasteiger partial charge in [-0.15, -0.1) is 0 Å². The third kappa shape index (κ3) is 3.69. The minimum absolute atomic E-state index is 0.112. The highest BCUT2D eigenvalue weighted by atomic mass is 16.3. The molecule has 0 fully saturated rings. The first-order valence-electron chi connectivity index (χ1n) is 7.23. The Morgan fingerprint density at radius 1 is 1.00 bits per heavy atom. The fourth-order valence-electron chi connectivity index (χ4n) is 2.42. The van der Waals surface area contributed by atoms with Gasteiger partial charge in [0.05, 0.1) is 12.6 Å². The van der Waals surface area contributed by atoms with E-state index in [1.807, 2.05) is 6.07 Å². The van der Waals surface area contributed by atoms with Gasteiger partial charge in [-0.05, 0) is 24.5 Å². The van der Waals surface area contributed by atoms with E-state index in [0.29, 0.717) is 0 Å². The Labute approximate surface area is 121 Å². The monoisotopic (exact) mass is 269 g/mol. The quantitative estimate of drug-likeness (QED) is 0.842. The topological polar surface area (TPSA) is 32.3 Å². The van der Waals surface area contributed by atoms with Crippen LogP contribution in [0.3, 0.4) is 0 Å². The van der Waals surface area contributed by atoms with Crippen molar-refractivity contribution < 1.29 is 5.11 Å². The zero-order valence-electron chi connectivity index (χ0n) is 12.2. The number of nitrogens with one attached hydrogen (secondary N) is 1. The van der Waals surface area contributed by atoms with Crippen molar-refractivity contribution in [2.45, 2.75) is 32.4 Å². The molecule has 2 N–H and O–H groups in total. The molecule has 0 aliphatic carbocycles. The summed E-state index contributed by atoms with van der Waals surface area (Å²) in [6, 6.07) is 19.2. The molecule has 0 aromatic heterocycles. The largest absolute Gasteiger partial charge is 0.395 e. The smallest absolute Gasteiger partial charge is 0.0584 e. The molecule has 2 atom stereocenters. The Kier molecular flexibility index (Phi) is 5.33. The van der Waals surface area contributed by atoms with Gasteiger partial charge in [0.25, 0.3) is 0 Å². The van der Waals surface area contributed by atoms with Crippen LogP contribution in [0.1, 0.15) is 36.1 Å². The third-order valence-electron chi connectivity index (χ3n) is 3.62. The predicted octanol–water partition coefficient (Wildman–Crippen LogP) is 3.44. The number of benzene rings is 2. The molecule has 0 saturated carbocycles. The molecule has 2 aromatic rings. The molecule has 20 heavy (non-hydrogen) atoms. The van der Waals surface area contributed by atoms with Gasteiger partial charge in [0.2, 0.25) is 0 Å². The van der Waals surface area contributed by atoms with E-state index in [1.54, 1.807) is 0 Å². The lowest BCUT2D eigenvalue weighted by atomic mass is 9.96. The van der Waals surface area contributed by atoms with Crippen LogP contribution < -0.4 is 5.32 Å². The van der Waals surface area contributed by atoms with Gasteiger partial charge in [-0.3, -0.25) is 0 Å². The second-order valence-electron chi connectivity index (χ2n) is 5.21. The summed E-state index contributed by atoms with van der Waals surface area (Å²) in [5.74, 6) is 0. The number of hydrogen-bond donors (Lipinski definition) is 2. The molecule has 0 aliphatic rings. The van der Waals surface area contributed by atoms with Gasteiger partial charge in [-0.1, -0.05) is 67.1 Å². The fourth-order valence-corrected chi connectivity index (χ4v) is 2.42. The number of rotatable bonds is 6. The maximum absolute atomic E-state index is 9.46. The molecule has 0 heterocycles. The van der Waals surface area contributed by atoms with Crippen molar-refractivity contribution in [2.75, 3.05) is 6.61 Å². The summed E-state index contributed by atoms with van der Waals surface area (Å²) in [7, 11) is 0. The first-order valence-corrected chi connectivity index (χ1v) is 7.23. The van der Waals surface area contributed by atoms with Crippen LogP contribution >= 0.6 is 0 Å². The van der Waals surface area contributed by atoms with Gasteiger partial charge in [0, 0.05) is 6.04 Å². The van der Waals surface area contributed by atoms with Crippen LogP contribution in [-0.4, -0.2) is 17.8 Å². The summed E-state index contributed by atoms with van der Waals surface area (Å²) in [5, 5.41) is 13.0. The molecule has 2 heteroatoms. The van der Waals surface area contributed by atoms with Crippen LogP contribution in [0.15, 0.2) is 54.6 Å². The molecule has 0 spiro atoms. The Morgan fingerprint density at radius 2 is 1.70 bits per heavy atom. The highest BCUT2D eigenvalue weighted by Gasteiger charge is 2.17. The summed E-state index contributed by atoms with van der Waals surface area (Å²) in [6.07, 6.45) is 0.908. The van der Waals surface area contributed by atoms with Gasteiger partial charge in [0.15, 0.2) is 0 Å². The number of hydrogen-bond acceptors (Lipinski definition) is 2. The van der Waals surface area contributed by atoms with E-state index in [1.165, 1.54) is 16.7 Å². The van der Waals surface area contributed by atoms with Crippen LogP contribution in [-0.2, 0) is 0 Å². The highest BCUT2D eigenvalue weighted by molar-refractivity contribution is 5.34. The predicted molar refractivity (Wildman–Crippen MR) is 83.8 cm³/mol. The first kappa shape index (κ1) is 14.8. The summed E-state index contributed by atoms with van der Waals surface area (Å²) in [5.41, 5.74) is 3.72. The molecule has 106 valence electrons. The Hall–Kier alpha value is -1.64. The van der Waals surface area contributed by atoms with E-state index < -0.39 is 0 Å². The van der Waals surface area contributed by atoms with Crippen LogP contribution in [0, 0.1) is 6.92 Å². The summed E-state index contributed by atoms with van der Waals surface area (Å²) in [4.78, 5) is 0. The van der Waals surface area contributed by atoms with Crippen molar-refractivity contribution in [3.05, 3.63) is 71.3 Å². The highest BCUT2D eigenvalue weighted by Crippen LogP contribution is 2.23. The number of aliphatic hydroxyl groups excluding tert-OH is 1. The third-order valence-corrected chi connectivity index (χ3v) is 3.62. The molecule has 0 amide bonds. The second-order valence-corrected chi connectivity index (χ2v) is 5.21. The van der Waals surface area contributed by atoms with E-state index in [2.05, 4.69) is 67.7 Å². The van der Waals surface area contributed by atoms with Gasteiger partial charge >= 0.3 is 0 Å². The van der Waals surface area contributed by atoms with Gasteiger partial charge in [-0.2, -0.15) is 0 Å². The van der Waals surface area contributed by atoms with Gasteiger partial charge < -0.3 is 10.4 Å². The molecule has 0 aliphatic heterocycles. The minimum Gasteiger partial charge on any atom is -0.395 e. The van der Waals surface area contributed by atoms with Crippen molar-refractivity contribution in [1.82, 2.24) is 5.32 Å². The summed E-state index contributed by atoms with van der Waals surface area (Å²) < 4.78 is 0. The van der Waals surface area contributed by atoms with E-state index >= 15 is 0 Å². The Morgan fingerprint density at radius 3 is 2.30 bits per heavy atom. The standard InChI is InChI=1S/C18H23NO/c1-3-17(13-20)19-18(15-9-5-4-6-10-15)16-11-7-8-14(2)12-16/h4-12,17-20H,3,13H2,1-2H3. The average molecular weight is 269 g/mol. The number of aryl methyl sites for hydroxylation is 1. The molecule has 2 nitrogen and oxygen atoms in total. The Bertz CT molecular complexity index is 520. The Balaban J connectivity index is 2.34. The molecular weight excluding hydrogens is 246 g/mol. The molecule has 2 aromatic carbocycles. The van der Waals surface area contributed by atoms with Crippen molar-refractivity contribution in [1.29, 1.82) is 0 Å². The van der Waals surface area contributed by atoms with Crippen molar-refractivity contribution >= 4 is 0 Å². The van der Waals surface area contributed by atoms with Gasteiger partial charge in [-0.25, -0.2) is 0 Å². The second kappa shape index (κ2) is 7.22. The first-order chi connectivity index (χ1) is 9.74. The lowest BCUT2D eigenvalue weighted by molar-refractivity contribution is 0.232. The van der Waals surface area contributed by atoms with Crippen LogP contribution in [0.25, 0.3) is 0 Å². The van der Waals surface area contributed by atoms with Crippen LogP contribution in [0.5, 0.6) is 0 Å². The lowest BCUT2D eigenvalue weighted by Crippen LogP contribution is -2.35. The molecule has 2 unspecified atom stereocenters. The maximum atomic E-state index is 9.46. The molecule has 2 rings (SSSR count). The van der Waals surface area contributed by atoms with Crippen molar-refractivity contribution in [2.24, 2.45) is 0 Å². The van der Waals surface area contributed by atoms with E-state index in [0.717, 1.165) is 6.42 Å². The fraction of sp³-hybridized carbons (Fsp3) is 0.333. The summed E-state index contributed by atoms with van der Waals surface area (Å²) >= 11 is 0.